The number of aryl methyl sites for hydroxylation is 1. The number of nitrogens with zero attached hydrogens (tertiary/aromatic N) is 1. The molecule has 0 saturated heterocycles. The zero-order valence-corrected chi connectivity index (χ0v) is 19.3. The highest BCUT2D eigenvalue weighted by molar-refractivity contribution is 8.14. The maximum atomic E-state index is 11.6. The summed E-state index contributed by atoms with van der Waals surface area (Å²) in [5.74, 6) is 0.0589. The summed E-state index contributed by atoms with van der Waals surface area (Å²) in [5, 5.41) is -0.0735. The Balaban J connectivity index is 0.000000305. The van der Waals surface area contributed by atoms with Gasteiger partial charge in [0.05, 0.1) is 5.75 Å². The Hall–Kier alpha value is -3.51. The van der Waals surface area contributed by atoms with Crippen LogP contribution >= 0.6 is 11.8 Å². The lowest BCUT2D eigenvalue weighted by molar-refractivity contribution is -0.109. The van der Waals surface area contributed by atoms with Gasteiger partial charge in [0.2, 0.25) is 6.41 Å². The second-order valence-electron chi connectivity index (χ2n) is 6.70. The molecular weight excluding hydrogens is 422 g/mol. The Bertz CT molecular complexity index is 987. The van der Waals surface area contributed by atoms with Crippen LogP contribution in [-0.2, 0) is 14.4 Å². The van der Waals surface area contributed by atoms with Crippen LogP contribution in [0.5, 0.6) is 0 Å². The van der Waals surface area contributed by atoms with E-state index in [0.717, 1.165) is 17.4 Å². The van der Waals surface area contributed by atoms with Crippen molar-refractivity contribution < 1.29 is 19.2 Å². The van der Waals surface area contributed by atoms with E-state index in [9.17, 15) is 14.4 Å². The fourth-order valence-electron chi connectivity index (χ4n) is 2.57. The van der Waals surface area contributed by atoms with E-state index in [0.29, 0.717) is 12.0 Å². The van der Waals surface area contributed by atoms with Crippen LogP contribution in [0.25, 0.3) is 11.1 Å². The zero-order valence-electron chi connectivity index (χ0n) is 18.5. The molecule has 0 atom stereocenters. The number of carbonyl (C=O) groups excluding carboxylic acids is 4. The van der Waals surface area contributed by atoms with E-state index >= 15 is 0 Å². The number of benzene rings is 3. The predicted molar refractivity (Wildman–Crippen MR) is 132 cm³/mol. The summed E-state index contributed by atoms with van der Waals surface area (Å²) in [6.45, 7) is 5.54. The van der Waals surface area contributed by atoms with Crippen molar-refractivity contribution >= 4 is 41.5 Å². The molecule has 3 aromatic carbocycles. The third kappa shape index (κ3) is 9.10. The molecule has 0 heterocycles. The maximum Gasteiger partial charge on any atom is 0.213 e. The molecular formula is C26H27NO4S. The summed E-state index contributed by atoms with van der Waals surface area (Å²) >= 11 is 0.994. The SMILES string of the molecule is C=O.CC(=O)SCC(=O)c1ccc(N(C)C=O)cc1.Cc1ccc(-c2ccccc2)cc1. The fourth-order valence-corrected chi connectivity index (χ4v) is 3.07. The predicted octanol–water partition coefficient (Wildman–Crippen LogP) is 5.22. The molecule has 6 heteroatoms. The first-order chi connectivity index (χ1) is 15.4. The van der Waals surface area contributed by atoms with Crippen molar-refractivity contribution in [3.63, 3.8) is 0 Å². The van der Waals surface area contributed by atoms with Gasteiger partial charge < -0.3 is 9.69 Å². The number of ketones is 1. The number of hydrogen-bond donors (Lipinski definition) is 0. The molecule has 0 aliphatic rings. The molecule has 0 aliphatic heterocycles. The number of thioether (sulfide) groups is 1. The fraction of sp³-hybridized carbons (Fsp3) is 0.154. The van der Waals surface area contributed by atoms with E-state index in [1.807, 2.05) is 12.9 Å². The molecule has 0 radical (unpaired) electrons. The molecule has 0 spiro atoms. The summed E-state index contributed by atoms with van der Waals surface area (Å²) in [5.41, 5.74) is 5.13. The number of amides is 1. The Morgan fingerprint density at radius 2 is 1.41 bits per heavy atom. The number of hydrogen-bond acceptors (Lipinski definition) is 5. The van der Waals surface area contributed by atoms with Crippen LogP contribution < -0.4 is 4.90 Å². The van der Waals surface area contributed by atoms with Crippen LogP contribution in [0.2, 0.25) is 0 Å². The summed E-state index contributed by atoms with van der Waals surface area (Å²) in [6.07, 6.45) is 0.697. The van der Waals surface area contributed by atoms with Crippen molar-refractivity contribution in [2.45, 2.75) is 13.8 Å². The van der Waals surface area contributed by atoms with E-state index in [4.69, 9.17) is 4.79 Å². The number of rotatable bonds is 6. The van der Waals surface area contributed by atoms with Gasteiger partial charge in [-0.2, -0.15) is 0 Å². The highest BCUT2D eigenvalue weighted by atomic mass is 32.2. The Labute approximate surface area is 193 Å². The molecule has 5 nitrogen and oxygen atoms in total. The van der Waals surface area contributed by atoms with Crippen LogP contribution in [0.15, 0.2) is 78.9 Å². The van der Waals surface area contributed by atoms with Gasteiger partial charge in [0.1, 0.15) is 6.79 Å². The molecule has 0 aliphatic carbocycles. The minimum Gasteiger partial charge on any atom is -0.318 e. The van der Waals surface area contributed by atoms with Crippen LogP contribution in [0.4, 0.5) is 5.69 Å². The van der Waals surface area contributed by atoms with Gasteiger partial charge in [0, 0.05) is 25.2 Å². The van der Waals surface area contributed by atoms with Gasteiger partial charge in [-0.3, -0.25) is 14.4 Å². The summed E-state index contributed by atoms with van der Waals surface area (Å²) < 4.78 is 0. The van der Waals surface area contributed by atoms with Gasteiger partial charge in [0.25, 0.3) is 0 Å². The first-order valence-corrected chi connectivity index (χ1v) is 10.7. The van der Waals surface area contributed by atoms with E-state index in [1.54, 1.807) is 31.3 Å². The smallest absolute Gasteiger partial charge is 0.213 e. The number of anilines is 1. The lowest BCUT2D eigenvalue weighted by atomic mass is 10.0. The third-order valence-electron chi connectivity index (χ3n) is 4.32. The van der Waals surface area contributed by atoms with Crippen molar-refractivity contribution in [1.29, 1.82) is 0 Å². The van der Waals surface area contributed by atoms with E-state index in [1.165, 1.54) is 28.5 Å². The van der Waals surface area contributed by atoms with E-state index in [2.05, 4.69) is 55.5 Å². The summed E-state index contributed by atoms with van der Waals surface area (Å²) in [4.78, 5) is 42.3. The molecule has 3 rings (SSSR count). The summed E-state index contributed by atoms with van der Waals surface area (Å²) in [6, 6.07) is 25.7. The third-order valence-corrected chi connectivity index (χ3v) is 5.13. The van der Waals surface area contributed by atoms with Gasteiger partial charge in [-0.1, -0.05) is 71.9 Å². The van der Waals surface area contributed by atoms with Crippen molar-refractivity contribution in [3.8, 4) is 11.1 Å². The van der Waals surface area contributed by atoms with Crippen LogP contribution in [-0.4, -0.2) is 36.9 Å². The molecule has 1 amide bonds. The summed E-state index contributed by atoms with van der Waals surface area (Å²) in [7, 11) is 1.63. The monoisotopic (exact) mass is 449 g/mol. The van der Waals surface area contributed by atoms with E-state index < -0.39 is 0 Å². The van der Waals surface area contributed by atoms with Gasteiger partial charge >= 0.3 is 0 Å². The quantitative estimate of drug-likeness (QED) is 0.381. The van der Waals surface area contributed by atoms with Crippen LogP contribution in [0, 0.1) is 6.92 Å². The molecule has 0 saturated carbocycles. The lowest BCUT2D eigenvalue weighted by Gasteiger charge is -2.10. The van der Waals surface area contributed by atoms with Crippen LogP contribution in [0.3, 0.4) is 0 Å². The van der Waals surface area contributed by atoms with Crippen molar-refractivity contribution in [3.05, 3.63) is 90.0 Å². The van der Waals surface area contributed by atoms with Crippen molar-refractivity contribution in [1.82, 2.24) is 0 Å². The molecule has 0 unspecified atom stereocenters. The topological polar surface area (TPSA) is 71.5 Å². The normalized spacial score (nSPS) is 9.34. The largest absolute Gasteiger partial charge is 0.318 e. The molecule has 0 fully saturated rings. The van der Waals surface area contributed by atoms with Gasteiger partial charge in [-0.05, 0) is 42.3 Å². The number of Topliss-reactive ketones (excluding diaryl/α,β-unsaturated/α-hetero) is 1. The Morgan fingerprint density at radius 3 is 1.91 bits per heavy atom. The minimum atomic E-state index is -0.0921. The Kier molecular flexibility index (Phi) is 12.0. The molecule has 3 aromatic rings. The van der Waals surface area contributed by atoms with E-state index in [-0.39, 0.29) is 16.7 Å². The average molecular weight is 450 g/mol. The highest BCUT2D eigenvalue weighted by Gasteiger charge is 2.08. The average Bonchev–Trinajstić information content (AvgIpc) is 2.84. The molecule has 0 bridgehead atoms. The Morgan fingerprint density at radius 1 is 0.875 bits per heavy atom. The molecule has 32 heavy (non-hydrogen) atoms. The highest BCUT2D eigenvalue weighted by Crippen LogP contribution is 2.18. The van der Waals surface area contributed by atoms with Crippen LogP contribution in [0.1, 0.15) is 22.8 Å². The van der Waals surface area contributed by atoms with Crippen molar-refractivity contribution in [2.75, 3.05) is 17.7 Å². The maximum absolute atomic E-state index is 11.6. The van der Waals surface area contributed by atoms with Crippen molar-refractivity contribution in [2.24, 2.45) is 0 Å². The van der Waals surface area contributed by atoms with Gasteiger partial charge in [0.15, 0.2) is 10.9 Å². The first kappa shape index (κ1) is 26.5. The molecule has 0 N–H and O–H groups in total. The molecule has 166 valence electrons. The zero-order chi connectivity index (χ0) is 23.9. The second-order valence-corrected chi connectivity index (χ2v) is 7.85. The second kappa shape index (κ2) is 14.5. The standard InChI is InChI=1S/C13H12.C12H13NO3S.CH2O/c1-11-7-9-13(10-8-11)12-5-3-2-4-6-12;1-9(15)17-7-12(16)10-3-5-11(6-4-10)13(2)8-14;1-2/h2-10H,1H3;3-6,8H,7H2,1-2H3;1H2. The first-order valence-electron chi connectivity index (χ1n) is 9.76. The molecule has 0 aromatic heterocycles. The number of carbonyl (C=O) groups is 4. The van der Waals surface area contributed by atoms with Gasteiger partial charge in [-0.15, -0.1) is 0 Å². The minimum absolute atomic E-state index is 0.0735. The lowest BCUT2D eigenvalue weighted by Crippen LogP contribution is -2.13. The van der Waals surface area contributed by atoms with Gasteiger partial charge in [-0.25, -0.2) is 0 Å².